The summed E-state index contributed by atoms with van der Waals surface area (Å²) in [6.07, 6.45) is 1.14. The van der Waals surface area contributed by atoms with Gasteiger partial charge in [0.05, 0.1) is 5.01 Å². The van der Waals surface area contributed by atoms with E-state index in [1.807, 2.05) is 6.92 Å². The van der Waals surface area contributed by atoms with Gasteiger partial charge in [0.15, 0.2) is 5.69 Å². The lowest BCUT2D eigenvalue weighted by Crippen LogP contribution is -2.26. The third-order valence-electron chi connectivity index (χ3n) is 2.46. The number of carboxylic acid groups (broad SMARTS) is 1. The predicted octanol–water partition coefficient (Wildman–Crippen LogP) is 0.494. The predicted molar refractivity (Wildman–Crippen MR) is 70.9 cm³/mol. The molecule has 0 fully saturated rings. The van der Waals surface area contributed by atoms with Crippen LogP contribution >= 0.6 is 11.3 Å². The highest BCUT2D eigenvalue weighted by atomic mass is 32.1. The fourth-order valence-corrected chi connectivity index (χ4v) is 2.21. The first kappa shape index (κ1) is 14.1. The van der Waals surface area contributed by atoms with Gasteiger partial charge in [0, 0.05) is 24.8 Å². The minimum absolute atomic E-state index is 0.0258. The molecule has 2 aromatic heterocycles. The van der Waals surface area contributed by atoms with Gasteiger partial charge in [0.2, 0.25) is 5.82 Å². The van der Waals surface area contributed by atoms with E-state index in [0.717, 1.165) is 0 Å². The molecule has 9 heteroatoms. The minimum atomic E-state index is -1.05. The highest BCUT2D eigenvalue weighted by Crippen LogP contribution is 2.09. The molecule has 0 radical (unpaired) electrons. The maximum atomic E-state index is 11.7. The number of aromatic amines is 1. The van der Waals surface area contributed by atoms with Crippen LogP contribution in [0.25, 0.3) is 0 Å². The number of nitrogens with one attached hydrogen (secondary N) is 2. The van der Waals surface area contributed by atoms with Crippen molar-refractivity contribution >= 4 is 23.2 Å². The molecule has 1 amide bonds. The molecule has 0 unspecified atom stereocenters. The number of hydrogen-bond donors (Lipinski definition) is 3. The van der Waals surface area contributed by atoms with Crippen molar-refractivity contribution in [3.8, 4) is 0 Å². The van der Waals surface area contributed by atoms with Gasteiger partial charge in [0.25, 0.3) is 5.91 Å². The summed E-state index contributed by atoms with van der Waals surface area (Å²) in [4.78, 5) is 30.3. The van der Waals surface area contributed by atoms with Crippen molar-refractivity contribution < 1.29 is 14.7 Å². The van der Waals surface area contributed by atoms with Crippen molar-refractivity contribution in [2.24, 2.45) is 0 Å². The minimum Gasteiger partial charge on any atom is -0.476 e. The van der Waals surface area contributed by atoms with Crippen molar-refractivity contribution in [1.29, 1.82) is 0 Å². The summed E-state index contributed by atoms with van der Waals surface area (Å²) in [5.74, 6) is -0.659. The van der Waals surface area contributed by atoms with Gasteiger partial charge in [-0.3, -0.25) is 9.89 Å². The summed E-state index contributed by atoms with van der Waals surface area (Å²) in [5, 5.41) is 20.0. The average molecular weight is 295 g/mol. The van der Waals surface area contributed by atoms with Gasteiger partial charge < -0.3 is 10.4 Å². The number of amides is 1. The molecule has 0 bridgehead atoms. The molecule has 0 aliphatic rings. The van der Waals surface area contributed by atoms with Crippen LogP contribution in [0.2, 0.25) is 0 Å². The van der Waals surface area contributed by atoms with Gasteiger partial charge >= 0.3 is 5.97 Å². The fourth-order valence-electron chi connectivity index (χ4n) is 1.44. The number of aromatic nitrogens is 4. The molecule has 8 nitrogen and oxygen atoms in total. The Kier molecular flexibility index (Phi) is 4.41. The Labute approximate surface area is 118 Å². The molecule has 0 spiro atoms. The van der Waals surface area contributed by atoms with E-state index in [9.17, 15) is 9.59 Å². The van der Waals surface area contributed by atoms with Gasteiger partial charge in [0.1, 0.15) is 5.82 Å². The van der Waals surface area contributed by atoms with Crippen LogP contribution in [0.1, 0.15) is 38.9 Å². The van der Waals surface area contributed by atoms with Crippen LogP contribution in [-0.2, 0) is 12.8 Å². The molecule has 0 saturated heterocycles. The molecule has 2 heterocycles. The standard InChI is InChI=1S/C11H13N5O3S/c1-2-7-14-9(16-15-7)10(17)12-4-3-8-13-6(5-20-8)11(18)19/h5H,2-4H2,1H3,(H,12,17)(H,18,19)(H,14,15,16). The maximum absolute atomic E-state index is 11.7. The number of hydrogen-bond acceptors (Lipinski definition) is 6. The third kappa shape index (κ3) is 3.38. The third-order valence-corrected chi connectivity index (χ3v) is 3.37. The van der Waals surface area contributed by atoms with E-state index in [-0.39, 0.29) is 17.4 Å². The smallest absolute Gasteiger partial charge is 0.355 e. The highest BCUT2D eigenvalue weighted by Gasteiger charge is 2.12. The number of aryl methyl sites for hydroxylation is 1. The van der Waals surface area contributed by atoms with E-state index in [0.29, 0.717) is 30.2 Å². The lowest BCUT2D eigenvalue weighted by atomic mass is 10.4. The lowest BCUT2D eigenvalue weighted by molar-refractivity contribution is 0.0690. The Balaban J connectivity index is 1.82. The Morgan fingerprint density at radius 2 is 2.25 bits per heavy atom. The van der Waals surface area contributed by atoms with Crippen molar-refractivity contribution in [2.75, 3.05) is 6.54 Å². The molecule has 2 rings (SSSR count). The van der Waals surface area contributed by atoms with Crippen LogP contribution in [0, 0.1) is 0 Å². The van der Waals surface area contributed by atoms with E-state index >= 15 is 0 Å². The summed E-state index contributed by atoms with van der Waals surface area (Å²) in [6, 6.07) is 0. The number of carbonyl (C=O) groups is 2. The second-order valence-corrected chi connectivity index (χ2v) is 4.84. The zero-order valence-corrected chi connectivity index (χ0v) is 11.5. The topological polar surface area (TPSA) is 121 Å². The molecule has 0 atom stereocenters. The molecule has 106 valence electrons. The zero-order chi connectivity index (χ0) is 14.5. The Bertz CT molecular complexity index is 621. The van der Waals surface area contributed by atoms with Gasteiger partial charge in [-0.2, -0.15) is 0 Å². The second kappa shape index (κ2) is 6.24. The molecule has 0 aliphatic carbocycles. The quantitative estimate of drug-likeness (QED) is 0.713. The fraction of sp³-hybridized carbons (Fsp3) is 0.364. The normalized spacial score (nSPS) is 10.4. The van der Waals surface area contributed by atoms with Gasteiger partial charge in [-0.05, 0) is 0 Å². The number of carboxylic acids is 1. The number of nitrogens with zero attached hydrogens (tertiary/aromatic N) is 3. The van der Waals surface area contributed by atoms with Crippen LogP contribution in [0.15, 0.2) is 5.38 Å². The summed E-state index contributed by atoms with van der Waals surface area (Å²) in [5.41, 5.74) is 0.0258. The monoisotopic (exact) mass is 295 g/mol. The SMILES string of the molecule is CCc1nc(C(=O)NCCc2nc(C(=O)O)cs2)n[nH]1. The Morgan fingerprint density at radius 1 is 1.45 bits per heavy atom. The highest BCUT2D eigenvalue weighted by molar-refractivity contribution is 7.09. The number of carbonyl (C=O) groups excluding carboxylic acids is 1. The summed E-state index contributed by atoms with van der Waals surface area (Å²) in [7, 11) is 0. The zero-order valence-electron chi connectivity index (χ0n) is 10.7. The van der Waals surface area contributed by atoms with E-state index in [1.54, 1.807) is 0 Å². The first-order valence-electron chi connectivity index (χ1n) is 5.97. The van der Waals surface area contributed by atoms with Crippen LogP contribution < -0.4 is 5.32 Å². The van der Waals surface area contributed by atoms with E-state index in [1.165, 1.54) is 16.7 Å². The van der Waals surface area contributed by atoms with Crippen LogP contribution in [0.4, 0.5) is 0 Å². The first-order valence-corrected chi connectivity index (χ1v) is 6.85. The van der Waals surface area contributed by atoms with Gasteiger partial charge in [-0.15, -0.1) is 16.4 Å². The van der Waals surface area contributed by atoms with E-state index < -0.39 is 5.97 Å². The average Bonchev–Trinajstić information content (AvgIpc) is 3.07. The molecular formula is C11H13N5O3S. The summed E-state index contributed by atoms with van der Waals surface area (Å²) in [6.45, 7) is 2.26. The van der Waals surface area contributed by atoms with Gasteiger partial charge in [-0.25, -0.2) is 14.8 Å². The molecule has 0 aliphatic heterocycles. The summed E-state index contributed by atoms with van der Waals surface area (Å²) >= 11 is 1.25. The van der Waals surface area contributed by atoms with Gasteiger partial charge in [-0.1, -0.05) is 6.92 Å². The van der Waals surface area contributed by atoms with E-state index in [2.05, 4.69) is 25.5 Å². The first-order chi connectivity index (χ1) is 9.60. The lowest BCUT2D eigenvalue weighted by Gasteiger charge is -1.99. The number of H-pyrrole nitrogens is 1. The van der Waals surface area contributed by atoms with Crippen LogP contribution in [0.5, 0.6) is 0 Å². The second-order valence-electron chi connectivity index (χ2n) is 3.90. The maximum Gasteiger partial charge on any atom is 0.355 e. The summed E-state index contributed by atoms with van der Waals surface area (Å²) < 4.78 is 0. The molecule has 3 N–H and O–H groups in total. The van der Waals surface area contributed by atoms with Crippen LogP contribution in [-0.4, -0.2) is 43.7 Å². The molecule has 2 aromatic rings. The number of aromatic carboxylic acids is 1. The van der Waals surface area contributed by atoms with Crippen molar-refractivity contribution in [3.05, 3.63) is 27.7 Å². The molecular weight excluding hydrogens is 282 g/mol. The Hall–Kier alpha value is -2.29. The molecule has 0 aromatic carbocycles. The van der Waals surface area contributed by atoms with Crippen molar-refractivity contribution in [1.82, 2.24) is 25.5 Å². The number of rotatable bonds is 6. The van der Waals surface area contributed by atoms with Crippen molar-refractivity contribution in [2.45, 2.75) is 19.8 Å². The van der Waals surface area contributed by atoms with Crippen molar-refractivity contribution in [3.63, 3.8) is 0 Å². The van der Waals surface area contributed by atoms with Crippen LogP contribution in [0.3, 0.4) is 0 Å². The van der Waals surface area contributed by atoms with E-state index in [4.69, 9.17) is 5.11 Å². The largest absolute Gasteiger partial charge is 0.476 e. The molecule has 0 saturated carbocycles. The molecule has 20 heavy (non-hydrogen) atoms. The number of thiazole rings is 1. The Morgan fingerprint density at radius 3 is 2.85 bits per heavy atom.